The number of likely N-dealkylation sites (N-methyl/N-ethyl adjacent to an activating group) is 1. The van der Waals surface area contributed by atoms with Crippen LogP contribution in [0.4, 0.5) is 0 Å². The molecule has 2 N–H and O–H groups in total. The molecule has 1 amide bonds. The predicted molar refractivity (Wildman–Crippen MR) is 112 cm³/mol. The zero-order chi connectivity index (χ0) is 19.6. The van der Waals surface area contributed by atoms with Gasteiger partial charge in [0.2, 0.25) is 5.91 Å². The third-order valence-corrected chi connectivity index (χ3v) is 4.35. The Morgan fingerprint density at radius 2 is 1.89 bits per heavy atom. The minimum Gasteiger partial charge on any atom is -0.356 e. The van der Waals surface area contributed by atoms with Gasteiger partial charge in [-0.05, 0) is 36.6 Å². The predicted octanol–water partition coefficient (Wildman–Crippen LogP) is 3.27. The topological polar surface area (TPSA) is 56.7 Å². The highest BCUT2D eigenvalue weighted by Crippen LogP contribution is 2.12. The highest BCUT2D eigenvalue weighted by atomic mass is 35.5. The van der Waals surface area contributed by atoms with E-state index in [1.807, 2.05) is 42.5 Å². The molecule has 0 fully saturated rings. The van der Waals surface area contributed by atoms with Crippen LogP contribution in [0.15, 0.2) is 59.6 Å². The maximum Gasteiger partial charge on any atom is 0.243 e. The zero-order valence-corrected chi connectivity index (χ0v) is 16.8. The number of nitrogens with zero attached hydrogens (tertiary/aromatic N) is 2. The monoisotopic (exact) mass is 386 g/mol. The Kier molecular flexibility index (Phi) is 8.14. The highest BCUT2D eigenvalue weighted by Gasteiger charge is 2.09. The van der Waals surface area contributed by atoms with Crippen molar-refractivity contribution in [1.29, 1.82) is 0 Å². The summed E-state index contributed by atoms with van der Waals surface area (Å²) in [6, 6.07) is 18.0. The van der Waals surface area contributed by atoms with Gasteiger partial charge in [-0.25, -0.2) is 4.99 Å². The van der Waals surface area contributed by atoms with Crippen LogP contribution in [-0.2, 0) is 11.2 Å². The summed E-state index contributed by atoms with van der Waals surface area (Å²) in [5.74, 6) is 0.571. The largest absolute Gasteiger partial charge is 0.356 e. The van der Waals surface area contributed by atoms with E-state index in [1.54, 1.807) is 14.1 Å². The number of amides is 1. The first kappa shape index (κ1) is 20.8. The number of guanidine groups is 1. The number of halogens is 1. The van der Waals surface area contributed by atoms with Crippen LogP contribution in [0.3, 0.4) is 0 Å². The molecule has 0 spiro atoms. The molecule has 0 aliphatic rings. The second-order valence-electron chi connectivity index (χ2n) is 6.54. The molecule has 0 aromatic heterocycles. The summed E-state index contributed by atoms with van der Waals surface area (Å²) in [5.41, 5.74) is 2.30. The lowest BCUT2D eigenvalue weighted by molar-refractivity contribution is -0.127. The summed E-state index contributed by atoms with van der Waals surface area (Å²) in [6.07, 6.45) is 0.808. The molecule has 0 aliphatic carbocycles. The minimum atomic E-state index is -0.0432. The van der Waals surface area contributed by atoms with E-state index in [2.05, 4.69) is 34.7 Å². The number of carbonyl (C=O) groups excluding carboxylic acids is 1. The summed E-state index contributed by atoms with van der Waals surface area (Å²) in [7, 11) is 3.45. The summed E-state index contributed by atoms with van der Waals surface area (Å²) in [5, 5.41) is 7.41. The van der Waals surface area contributed by atoms with Crippen molar-refractivity contribution < 1.29 is 4.79 Å². The number of nitrogens with one attached hydrogen (secondary N) is 2. The van der Waals surface area contributed by atoms with Crippen LogP contribution < -0.4 is 10.6 Å². The normalized spacial score (nSPS) is 12.4. The lowest BCUT2D eigenvalue weighted by Crippen LogP contribution is -2.40. The Bertz CT molecular complexity index is 762. The van der Waals surface area contributed by atoms with Crippen molar-refractivity contribution in [2.75, 3.05) is 27.2 Å². The molecule has 0 aliphatic heterocycles. The summed E-state index contributed by atoms with van der Waals surface area (Å²) < 4.78 is 0. The SMILES string of the molecule is CC(NC(=NCC(=O)N(C)C)NCCc1cccc(Cl)c1)c1ccccc1. The van der Waals surface area contributed by atoms with Gasteiger partial charge in [-0.1, -0.05) is 54.1 Å². The van der Waals surface area contributed by atoms with Crippen molar-refractivity contribution in [1.82, 2.24) is 15.5 Å². The zero-order valence-electron chi connectivity index (χ0n) is 16.1. The second-order valence-corrected chi connectivity index (χ2v) is 6.97. The Hall–Kier alpha value is -2.53. The van der Waals surface area contributed by atoms with E-state index in [0.717, 1.165) is 22.6 Å². The van der Waals surface area contributed by atoms with Crippen molar-refractivity contribution in [2.45, 2.75) is 19.4 Å². The van der Waals surface area contributed by atoms with Crippen molar-refractivity contribution in [3.8, 4) is 0 Å². The van der Waals surface area contributed by atoms with Gasteiger partial charge >= 0.3 is 0 Å². The van der Waals surface area contributed by atoms with E-state index >= 15 is 0 Å². The summed E-state index contributed by atoms with van der Waals surface area (Å²) >= 11 is 6.04. The molecule has 6 heteroatoms. The van der Waals surface area contributed by atoms with Crippen LogP contribution in [0.1, 0.15) is 24.1 Å². The van der Waals surface area contributed by atoms with Gasteiger partial charge in [0.15, 0.2) is 5.96 Å². The summed E-state index contributed by atoms with van der Waals surface area (Å²) in [4.78, 5) is 17.9. The van der Waals surface area contributed by atoms with Crippen molar-refractivity contribution >= 4 is 23.5 Å². The first-order chi connectivity index (χ1) is 13.0. The molecular weight excluding hydrogens is 360 g/mol. The molecule has 0 bridgehead atoms. The smallest absolute Gasteiger partial charge is 0.243 e. The Labute approximate surface area is 166 Å². The van der Waals surface area contributed by atoms with Crippen LogP contribution in [0, 0.1) is 0 Å². The average Bonchev–Trinajstić information content (AvgIpc) is 2.66. The average molecular weight is 387 g/mol. The molecule has 0 radical (unpaired) electrons. The first-order valence-corrected chi connectivity index (χ1v) is 9.38. The van der Waals surface area contributed by atoms with Gasteiger partial charge in [0.25, 0.3) is 0 Å². The molecule has 1 atom stereocenters. The molecule has 2 aromatic carbocycles. The molecule has 0 saturated carbocycles. The molecule has 1 unspecified atom stereocenters. The number of hydrogen-bond donors (Lipinski definition) is 2. The van der Waals surface area contributed by atoms with E-state index in [-0.39, 0.29) is 18.5 Å². The van der Waals surface area contributed by atoms with Crippen LogP contribution >= 0.6 is 11.6 Å². The molecule has 144 valence electrons. The quantitative estimate of drug-likeness (QED) is 0.567. The fraction of sp³-hybridized carbons (Fsp3) is 0.333. The molecule has 5 nitrogen and oxygen atoms in total. The Morgan fingerprint density at radius 1 is 1.15 bits per heavy atom. The minimum absolute atomic E-state index is 0.0432. The van der Waals surface area contributed by atoms with Gasteiger partial charge in [-0.15, -0.1) is 0 Å². The molecular formula is C21H27ClN4O. The lowest BCUT2D eigenvalue weighted by Gasteiger charge is -2.19. The number of rotatable bonds is 7. The fourth-order valence-electron chi connectivity index (χ4n) is 2.49. The van der Waals surface area contributed by atoms with E-state index in [4.69, 9.17) is 11.6 Å². The van der Waals surface area contributed by atoms with Gasteiger partial charge in [0, 0.05) is 25.7 Å². The highest BCUT2D eigenvalue weighted by molar-refractivity contribution is 6.30. The third-order valence-electron chi connectivity index (χ3n) is 4.12. The van der Waals surface area contributed by atoms with Gasteiger partial charge in [0.1, 0.15) is 6.54 Å². The van der Waals surface area contributed by atoms with Crippen LogP contribution in [-0.4, -0.2) is 44.0 Å². The molecule has 0 heterocycles. The molecule has 0 saturated heterocycles. The van der Waals surface area contributed by atoms with E-state index < -0.39 is 0 Å². The molecule has 2 aromatic rings. The maximum absolute atomic E-state index is 11.9. The van der Waals surface area contributed by atoms with Gasteiger partial charge in [0.05, 0.1) is 6.04 Å². The fourth-order valence-corrected chi connectivity index (χ4v) is 2.70. The Balaban J connectivity index is 2.00. The standard InChI is InChI=1S/C21H27ClN4O/c1-16(18-9-5-4-6-10-18)25-21(24-15-20(27)26(2)3)23-13-12-17-8-7-11-19(22)14-17/h4-11,14,16H,12-13,15H2,1-3H3,(H2,23,24,25). The second kappa shape index (κ2) is 10.6. The van der Waals surface area contributed by atoms with Crippen molar-refractivity contribution in [3.63, 3.8) is 0 Å². The van der Waals surface area contributed by atoms with Gasteiger partial charge < -0.3 is 15.5 Å². The third kappa shape index (κ3) is 7.31. The van der Waals surface area contributed by atoms with E-state index in [1.165, 1.54) is 4.90 Å². The first-order valence-electron chi connectivity index (χ1n) is 9.00. The van der Waals surface area contributed by atoms with Crippen molar-refractivity contribution in [3.05, 3.63) is 70.7 Å². The van der Waals surface area contributed by atoms with E-state index in [0.29, 0.717) is 12.5 Å². The van der Waals surface area contributed by atoms with Crippen molar-refractivity contribution in [2.24, 2.45) is 4.99 Å². The number of benzene rings is 2. The van der Waals surface area contributed by atoms with Crippen LogP contribution in [0.25, 0.3) is 0 Å². The number of hydrogen-bond acceptors (Lipinski definition) is 2. The summed E-state index contributed by atoms with van der Waals surface area (Å²) in [6.45, 7) is 2.85. The van der Waals surface area contributed by atoms with Gasteiger partial charge in [-0.3, -0.25) is 4.79 Å². The molecule has 27 heavy (non-hydrogen) atoms. The maximum atomic E-state index is 11.9. The Morgan fingerprint density at radius 3 is 2.56 bits per heavy atom. The molecule has 2 rings (SSSR count). The van der Waals surface area contributed by atoms with Gasteiger partial charge in [-0.2, -0.15) is 0 Å². The number of aliphatic imine (C=N–C) groups is 1. The lowest BCUT2D eigenvalue weighted by atomic mass is 10.1. The number of carbonyl (C=O) groups is 1. The van der Waals surface area contributed by atoms with Crippen LogP contribution in [0.2, 0.25) is 5.02 Å². The van der Waals surface area contributed by atoms with E-state index in [9.17, 15) is 4.79 Å². The van der Waals surface area contributed by atoms with Crippen LogP contribution in [0.5, 0.6) is 0 Å².